The lowest BCUT2D eigenvalue weighted by atomic mass is 10.2. The molecule has 1 aliphatic carbocycles. The summed E-state index contributed by atoms with van der Waals surface area (Å²) in [5.41, 5.74) is 6.75. The average molecular weight is 307 g/mol. The van der Waals surface area contributed by atoms with Crippen molar-refractivity contribution in [3.05, 3.63) is 34.3 Å². The molecule has 1 aliphatic rings. The minimum absolute atomic E-state index is 0.132. The van der Waals surface area contributed by atoms with E-state index in [4.69, 9.17) is 10.8 Å². The number of H-pyrrole nitrogens is 2. The number of anilines is 1. The second-order valence-electron chi connectivity index (χ2n) is 4.48. The fourth-order valence-electron chi connectivity index (χ4n) is 2.30. The number of nitrogens with zero attached hydrogens (tertiary/aromatic N) is 1. The Kier molecular flexibility index (Phi) is 7.34. The van der Waals surface area contributed by atoms with E-state index in [0.29, 0.717) is 23.6 Å². The highest BCUT2D eigenvalue weighted by Crippen LogP contribution is 2.14. The molecule has 3 rings (SSSR count). The molecule has 0 fully saturated rings. The first kappa shape index (κ1) is 17.9. The number of hydrogen-bond acceptors (Lipinski definition) is 5. The molecule has 2 heterocycles. The summed E-state index contributed by atoms with van der Waals surface area (Å²) in [6.07, 6.45) is 8.36. The highest BCUT2D eigenvalue weighted by atomic mass is 16.2. The SMILES string of the molecule is CC.CO.Nc1nc2[nH]cc(CNC3C=CCC3)c2c(=O)[nH]1. The Hall–Kier alpha value is -2.12. The van der Waals surface area contributed by atoms with Crippen molar-refractivity contribution in [2.45, 2.75) is 39.3 Å². The summed E-state index contributed by atoms with van der Waals surface area (Å²) in [6.45, 7) is 4.64. The maximum Gasteiger partial charge on any atom is 0.262 e. The summed E-state index contributed by atoms with van der Waals surface area (Å²) in [6, 6.07) is 0.399. The molecule has 22 heavy (non-hydrogen) atoms. The number of fused-ring (bicyclic) bond motifs is 1. The molecule has 2 aromatic rings. The van der Waals surface area contributed by atoms with Gasteiger partial charge in [0.15, 0.2) is 0 Å². The van der Waals surface area contributed by atoms with Crippen molar-refractivity contribution >= 4 is 17.0 Å². The Bertz CT molecular complexity index is 659. The zero-order valence-electron chi connectivity index (χ0n) is 13.3. The largest absolute Gasteiger partial charge is 0.400 e. The van der Waals surface area contributed by atoms with Crippen molar-refractivity contribution in [3.63, 3.8) is 0 Å². The first-order chi connectivity index (χ1) is 10.7. The first-order valence-electron chi connectivity index (χ1n) is 7.44. The summed E-state index contributed by atoms with van der Waals surface area (Å²) in [5.74, 6) is 0.132. The number of nitrogens with two attached hydrogens (primary N) is 1. The van der Waals surface area contributed by atoms with E-state index >= 15 is 0 Å². The number of hydrogen-bond donors (Lipinski definition) is 5. The summed E-state index contributed by atoms with van der Waals surface area (Å²) in [5, 5.41) is 11.0. The van der Waals surface area contributed by atoms with Crippen LogP contribution in [0.5, 0.6) is 0 Å². The Morgan fingerprint density at radius 2 is 2.18 bits per heavy atom. The van der Waals surface area contributed by atoms with Crippen molar-refractivity contribution in [2.24, 2.45) is 0 Å². The Labute approximate surface area is 129 Å². The number of rotatable bonds is 3. The van der Waals surface area contributed by atoms with Gasteiger partial charge in [-0.25, -0.2) is 0 Å². The lowest BCUT2D eigenvalue weighted by molar-refractivity contribution is 0.399. The molecule has 0 radical (unpaired) electrons. The van der Waals surface area contributed by atoms with Crippen molar-refractivity contribution < 1.29 is 5.11 Å². The van der Waals surface area contributed by atoms with E-state index in [9.17, 15) is 4.79 Å². The molecule has 1 unspecified atom stereocenters. The summed E-state index contributed by atoms with van der Waals surface area (Å²) in [7, 11) is 1.00. The molecule has 0 saturated heterocycles. The molecule has 0 saturated carbocycles. The van der Waals surface area contributed by atoms with Gasteiger partial charge in [0.1, 0.15) is 5.65 Å². The molecular formula is C15H25N5O2. The van der Waals surface area contributed by atoms with Crippen LogP contribution < -0.4 is 16.6 Å². The first-order valence-corrected chi connectivity index (χ1v) is 7.44. The molecule has 0 spiro atoms. The van der Waals surface area contributed by atoms with Crippen LogP contribution in [0.3, 0.4) is 0 Å². The van der Waals surface area contributed by atoms with Crippen LogP contribution >= 0.6 is 0 Å². The van der Waals surface area contributed by atoms with E-state index in [0.717, 1.165) is 25.5 Å². The van der Waals surface area contributed by atoms with E-state index in [1.165, 1.54) is 0 Å². The molecule has 1 atom stereocenters. The van der Waals surface area contributed by atoms with E-state index < -0.39 is 0 Å². The minimum Gasteiger partial charge on any atom is -0.400 e. The molecule has 6 N–H and O–H groups in total. The number of aliphatic hydroxyl groups is 1. The predicted octanol–water partition coefficient (Wildman–Crippen LogP) is 1.28. The molecule has 7 nitrogen and oxygen atoms in total. The van der Waals surface area contributed by atoms with Gasteiger partial charge in [-0.15, -0.1) is 0 Å². The zero-order valence-corrected chi connectivity index (χ0v) is 13.3. The Morgan fingerprint density at radius 1 is 1.45 bits per heavy atom. The maximum absolute atomic E-state index is 11.8. The smallest absolute Gasteiger partial charge is 0.262 e. The van der Waals surface area contributed by atoms with Crippen LogP contribution in [0, 0.1) is 0 Å². The van der Waals surface area contributed by atoms with Gasteiger partial charge in [0.2, 0.25) is 5.95 Å². The van der Waals surface area contributed by atoms with Crippen molar-refractivity contribution in [3.8, 4) is 0 Å². The third-order valence-corrected chi connectivity index (χ3v) is 3.21. The van der Waals surface area contributed by atoms with E-state index in [-0.39, 0.29) is 11.5 Å². The van der Waals surface area contributed by atoms with Crippen LogP contribution in [-0.4, -0.2) is 33.2 Å². The van der Waals surface area contributed by atoms with Crippen LogP contribution in [0.2, 0.25) is 0 Å². The lowest BCUT2D eigenvalue weighted by Crippen LogP contribution is -2.25. The van der Waals surface area contributed by atoms with Gasteiger partial charge in [0.05, 0.1) is 5.39 Å². The zero-order chi connectivity index (χ0) is 16.5. The molecule has 2 aromatic heterocycles. The second kappa shape index (κ2) is 9.01. The van der Waals surface area contributed by atoms with Crippen LogP contribution in [0.4, 0.5) is 5.95 Å². The van der Waals surface area contributed by atoms with E-state index in [2.05, 4.69) is 32.4 Å². The Morgan fingerprint density at radius 3 is 2.82 bits per heavy atom. The molecule has 7 heteroatoms. The van der Waals surface area contributed by atoms with E-state index in [1.807, 2.05) is 13.8 Å². The average Bonchev–Trinajstić information content (AvgIpc) is 3.18. The van der Waals surface area contributed by atoms with Gasteiger partial charge in [0, 0.05) is 25.9 Å². The molecule has 122 valence electrons. The van der Waals surface area contributed by atoms with Gasteiger partial charge in [0.25, 0.3) is 5.56 Å². The van der Waals surface area contributed by atoms with Gasteiger partial charge >= 0.3 is 0 Å². The summed E-state index contributed by atoms with van der Waals surface area (Å²) >= 11 is 0. The maximum atomic E-state index is 11.8. The third kappa shape index (κ3) is 4.19. The van der Waals surface area contributed by atoms with Gasteiger partial charge in [-0.2, -0.15) is 4.98 Å². The van der Waals surface area contributed by atoms with Crippen LogP contribution in [0.15, 0.2) is 23.1 Å². The monoisotopic (exact) mass is 307 g/mol. The molecule has 0 bridgehead atoms. The normalized spacial score (nSPS) is 15.9. The molecule has 0 aromatic carbocycles. The fraction of sp³-hybridized carbons (Fsp3) is 0.467. The fourth-order valence-corrected chi connectivity index (χ4v) is 2.30. The van der Waals surface area contributed by atoms with E-state index in [1.54, 1.807) is 6.20 Å². The molecule has 0 aliphatic heterocycles. The standard InChI is InChI=1S/C12H15N5O.C2H6.CH4O/c13-12-16-10-9(11(18)17-12)7(6-15-10)5-14-8-3-1-2-4-8;2*1-2/h1,3,6,8,14H,2,4-5H2,(H4,13,15,16,17,18);1-2H3;2H,1H3. The van der Waals surface area contributed by atoms with Crippen LogP contribution in [0.25, 0.3) is 11.0 Å². The molecule has 0 amide bonds. The quantitative estimate of drug-likeness (QED) is 0.547. The number of allylic oxidation sites excluding steroid dienone is 1. The third-order valence-electron chi connectivity index (χ3n) is 3.21. The second-order valence-corrected chi connectivity index (χ2v) is 4.48. The highest BCUT2D eigenvalue weighted by molar-refractivity contribution is 5.79. The van der Waals surface area contributed by atoms with Crippen molar-refractivity contribution in [2.75, 3.05) is 12.8 Å². The minimum atomic E-state index is -0.197. The van der Waals surface area contributed by atoms with Gasteiger partial charge < -0.3 is 21.1 Å². The molecular weight excluding hydrogens is 282 g/mol. The Balaban J connectivity index is 0.000000561. The number of nitrogens with one attached hydrogen (secondary N) is 3. The lowest BCUT2D eigenvalue weighted by Gasteiger charge is -2.09. The number of aromatic nitrogens is 3. The number of aliphatic hydroxyl groups excluding tert-OH is 1. The predicted molar refractivity (Wildman–Crippen MR) is 89.6 cm³/mol. The summed E-state index contributed by atoms with van der Waals surface area (Å²) in [4.78, 5) is 21.4. The summed E-state index contributed by atoms with van der Waals surface area (Å²) < 4.78 is 0. The number of nitrogen functional groups attached to an aromatic ring is 1. The van der Waals surface area contributed by atoms with Gasteiger partial charge in [-0.3, -0.25) is 9.78 Å². The van der Waals surface area contributed by atoms with Crippen LogP contribution in [-0.2, 0) is 6.54 Å². The van der Waals surface area contributed by atoms with Crippen LogP contribution in [0.1, 0.15) is 32.3 Å². The highest BCUT2D eigenvalue weighted by Gasteiger charge is 2.12. The van der Waals surface area contributed by atoms with Gasteiger partial charge in [-0.1, -0.05) is 26.0 Å². The topological polar surface area (TPSA) is 120 Å². The van der Waals surface area contributed by atoms with Crippen molar-refractivity contribution in [1.29, 1.82) is 0 Å². The van der Waals surface area contributed by atoms with Crippen molar-refractivity contribution in [1.82, 2.24) is 20.3 Å². The van der Waals surface area contributed by atoms with Gasteiger partial charge in [-0.05, 0) is 18.4 Å². The number of aromatic amines is 2.